The van der Waals surface area contributed by atoms with E-state index in [0.717, 1.165) is 38.5 Å². The lowest BCUT2D eigenvalue weighted by atomic mass is 9.98. The molecule has 1 unspecified atom stereocenters. The van der Waals surface area contributed by atoms with Crippen molar-refractivity contribution in [3.63, 3.8) is 0 Å². The molecule has 3 rings (SSSR count). The van der Waals surface area contributed by atoms with Crippen LogP contribution in [0.25, 0.3) is 0 Å². The van der Waals surface area contributed by atoms with Crippen molar-refractivity contribution >= 4 is 17.9 Å². The van der Waals surface area contributed by atoms with E-state index in [1.54, 1.807) is 0 Å². The normalized spacial score (nSPS) is 14.9. The maximum atomic E-state index is 10.6. The molecule has 0 aromatic carbocycles. The molecular weight excluding hydrogens is 643 g/mol. The van der Waals surface area contributed by atoms with E-state index in [4.69, 9.17) is 34.4 Å². The van der Waals surface area contributed by atoms with Gasteiger partial charge in [-0.1, -0.05) is 11.3 Å². The Morgan fingerprint density at radius 2 is 1.44 bits per heavy atom. The number of aliphatic carboxylic acids is 3. The summed E-state index contributed by atoms with van der Waals surface area (Å²) in [5.74, 6) is -7.97. The van der Waals surface area contributed by atoms with Crippen LogP contribution in [-0.2, 0) is 39.3 Å². The number of aryl methyl sites for hydroxylation is 1. The average molecular weight is 673 g/mol. The summed E-state index contributed by atoms with van der Waals surface area (Å²) < 4.78 is 103. The molecule has 0 fully saturated rings. The minimum Gasteiger partial charge on any atom is -0.475 e. The number of hydrogen-bond acceptors (Lipinski definition) is 9. The molecule has 0 saturated carbocycles. The number of aromatic nitrogens is 4. The van der Waals surface area contributed by atoms with Gasteiger partial charge in [-0.3, -0.25) is 14.6 Å². The number of alkyl halides is 9. The molecule has 22 heteroatoms. The van der Waals surface area contributed by atoms with Gasteiger partial charge in [0.05, 0.1) is 18.9 Å². The third-order valence-electron chi connectivity index (χ3n) is 5.04. The molecule has 2 aromatic rings. The highest BCUT2D eigenvalue weighted by Crippen LogP contribution is 2.27. The van der Waals surface area contributed by atoms with Crippen LogP contribution in [0, 0.1) is 0 Å². The Labute approximate surface area is 248 Å². The lowest BCUT2D eigenvalue weighted by Crippen LogP contribution is -2.36. The van der Waals surface area contributed by atoms with Gasteiger partial charge in [-0.25, -0.2) is 14.4 Å². The van der Waals surface area contributed by atoms with Crippen LogP contribution >= 0.6 is 0 Å². The van der Waals surface area contributed by atoms with E-state index in [1.165, 1.54) is 11.3 Å². The van der Waals surface area contributed by atoms with E-state index in [9.17, 15) is 39.5 Å². The highest BCUT2D eigenvalue weighted by Gasteiger charge is 2.39. The van der Waals surface area contributed by atoms with Gasteiger partial charge in [-0.2, -0.15) is 39.5 Å². The van der Waals surface area contributed by atoms with E-state index < -0.39 is 36.4 Å². The Hall–Kier alpha value is -4.05. The molecule has 0 amide bonds. The molecule has 45 heavy (non-hydrogen) atoms. The molecular formula is C23H29F9N6O7. The molecule has 256 valence electrons. The van der Waals surface area contributed by atoms with Crippen LogP contribution in [-0.4, -0.2) is 122 Å². The standard InChI is InChI=1S/C17H26N6O.3C2HF3O2/c1-21(2)7-8-24-13-15-11-23(10-14-5-4-6-18-9-14)12-16-17(15)22(3)20-19-16;3*3-2(4,5)1(6)7/h4-6,9,15H,7-8,10-13H2,1-3H3;3*(H,6,7). The molecule has 3 heterocycles. The summed E-state index contributed by atoms with van der Waals surface area (Å²) in [6, 6.07) is 4.09. The van der Waals surface area contributed by atoms with E-state index in [2.05, 4.69) is 45.3 Å². The Balaban J connectivity index is 0.000000753. The summed E-state index contributed by atoms with van der Waals surface area (Å²) in [4.78, 5) is 35.4. The SMILES string of the molecule is CN(C)CCOCC1CN(Cc2cccnc2)Cc2nnn(C)c21.O=C(O)C(F)(F)F.O=C(O)C(F)(F)F.O=C(O)C(F)(F)F. The molecule has 3 N–H and O–H groups in total. The predicted molar refractivity (Wildman–Crippen MR) is 133 cm³/mol. The quantitative estimate of drug-likeness (QED) is 0.291. The van der Waals surface area contributed by atoms with E-state index in [0.29, 0.717) is 12.5 Å². The van der Waals surface area contributed by atoms with Gasteiger partial charge in [0.15, 0.2) is 0 Å². The number of ether oxygens (including phenoxy) is 1. The maximum Gasteiger partial charge on any atom is 0.490 e. The van der Waals surface area contributed by atoms with E-state index in [1.807, 2.05) is 30.2 Å². The minimum absolute atomic E-state index is 0.299. The third-order valence-corrected chi connectivity index (χ3v) is 5.04. The molecule has 0 radical (unpaired) electrons. The van der Waals surface area contributed by atoms with Gasteiger partial charge < -0.3 is 25.0 Å². The van der Waals surface area contributed by atoms with Crippen molar-refractivity contribution in [3.05, 3.63) is 41.5 Å². The zero-order valence-electron chi connectivity index (χ0n) is 23.7. The number of carbonyl (C=O) groups is 3. The van der Waals surface area contributed by atoms with Gasteiger partial charge in [-0.15, -0.1) is 5.10 Å². The van der Waals surface area contributed by atoms with Crippen molar-refractivity contribution in [2.45, 2.75) is 37.5 Å². The molecule has 1 aliphatic rings. The van der Waals surface area contributed by atoms with Crippen molar-refractivity contribution in [1.82, 2.24) is 29.8 Å². The van der Waals surface area contributed by atoms with Crippen molar-refractivity contribution in [2.24, 2.45) is 7.05 Å². The van der Waals surface area contributed by atoms with Gasteiger partial charge in [0, 0.05) is 51.5 Å². The number of carboxylic acid groups (broad SMARTS) is 3. The minimum atomic E-state index is -5.08. The van der Waals surface area contributed by atoms with Crippen LogP contribution in [0.4, 0.5) is 39.5 Å². The van der Waals surface area contributed by atoms with E-state index in [-0.39, 0.29) is 0 Å². The number of halogens is 9. The second-order valence-corrected chi connectivity index (χ2v) is 9.06. The van der Waals surface area contributed by atoms with Gasteiger partial charge in [0.2, 0.25) is 0 Å². The molecule has 0 saturated heterocycles. The number of nitrogens with zero attached hydrogens (tertiary/aromatic N) is 6. The van der Waals surface area contributed by atoms with E-state index >= 15 is 0 Å². The summed E-state index contributed by atoms with van der Waals surface area (Å²) in [5.41, 5.74) is 3.49. The Bertz CT molecular complexity index is 1150. The summed E-state index contributed by atoms with van der Waals surface area (Å²) in [5, 5.41) is 29.9. The zero-order valence-corrected chi connectivity index (χ0v) is 23.7. The Morgan fingerprint density at radius 3 is 1.84 bits per heavy atom. The molecule has 1 aliphatic heterocycles. The lowest BCUT2D eigenvalue weighted by Gasteiger charge is -2.32. The highest BCUT2D eigenvalue weighted by atomic mass is 19.4. The summed E-state index contributed by atoms with van der Waals surface area (Å²) in [6.45, 7) is 5.02. The molecule has 1 atom stereocenters. The predicted octanol–water partition coefficient (Wildman–Crippen LogP) is 2.79. The average Bonchev–Trinajstić information content (AvgIpc) is 3.27. The topological polar surface area (TPSA) is 171 Å². The zero-order chi connectivity index (χ0) is 35.2. The van der Waals surface area contributed by atoms with Crippen LogP contribution in [0.5, 0.6) is 0 Å². The molecule has 0 bridgehead atoms. The second-order valence-electron chi connectivity index (χ2n) is 9.06. The molecule has 0 spiro atoms. The number of rotatable bonds is 7. The monoisotopic (exact) mass is 672 g/mol. The van der Waals surface area contributed by atoms with Gasteiger partial charge in [0.25, 0.3) is 0 Å². The van der Waals surface area contributed by atoms with Crippen molar-refractivity contribution < 1.29 is 74.0 Å². The van der Waals surface area contributed by atoms with Gasteiger partial charge in [0.1, 0.15) is 5.69 Å². The van der Waals surface area contributed by atoms with Crippen LogP contribution < -0.4 is 0 Å². The molecule has 0 aliphatic carbocycles. The first-order valence-corrected chi connectivity index (χ1v) is 12.1. The van der Waals surface area contributed by atoms with Gasteiger partial charge in [-0.05, 0) is 25.7 Å². The molecule has 2 aromatic heterocycles. The number of fused-ring (bicyclic) bond motifs is 1. The Morgan fingerprint density at radius 1 is 0.956 bits per heavy atom. The highest BCUT2D eigenvalue weighted by molar-refractivity contribution is 5.73. The van der Waals surface area contributed by atoms with Crippen LogP contribution in [0.1, 0.15) is 22.9 Å². The first-order valence-electron chi connectivity index (χ1n) is 12.1. The summed E-state index contributed by atoms with van der Waals surface area (Å²) in [7, 11) is 6.08. The fraction of sp³-hybridized carbons (Fsp3) is 0.565. The van der Waals surface area contributed by atoms with Crippen LogP contribution in [0.2, 0.25) is 0 Å². The fourth-order valence-corrected chi connectivity index (χ4v) is 3.17. The summed E-state index contributed by atoms with van der Waals surface area (Å²) >= 11 is 0. The number of carboxylic acids is 3. The van der Waals surface area contributed by atoms with Crippen LogP contribution in [0.3, 0.4) is 0 Å². The first-order chi connectivity index (χ1) is 20.5. The Kier molecular flexibility index (Phi) is 16.4. The number of hydrogen-bond donors (Lipinski definition) is 3. The smallest absolute Gasteiger partial charge is 0.475 e. The number of pyridine rings is 1. The first kappa shape index (κ1) is 41.0. The van der Waals surface area contributed by atoms with Crippen LogP contribution in [0.15, 0.2) is 24.5 Å². The largest absolute Gasteiger partial charge is 0.490 e. The maximum absolute atomic E-state index is 10.6. The second kappa shape index (κ2) is 18.0. The lowest BCUT2D eigenvalue weighted by molar-refractivity contribution is -0.193. The van der Waals surface area contributed by atoms with Crippen molar-refractivity contribution in [3.8, 4) is 0 Å². The number of likely N-dealkylation sites (N-methyl/N-ethyl adjacent to an activating group) is 1. The van der Waals surface area contributed by atoms with Gasteiger partial charge >= 0.3 is 36.4 Å². The van der Waals surface area contributed by atoms with Crippen molar-refractivity contribution in [2.75, 3.05) is 40.4 Å². The third kappa shape index (κ3) is 17.1. The molecule has 13 nitrogen and oxygen atoms in total. The van der Waals surface area contributed by atoms with Crippen molar-refractivity contribution in [1.29, 1.82) is 0 Å². The summed E-state index contributed by atoms with van der Waals surface area (Å²) in [6.07, 6.45) is -11.5. The fourth-order valence-electron chi connectivity index (χ4n) is 3.17.